The summed E-state index contributed by atoms with van der Waals surface area (Å²) in [6.45, 7) is 1.90. The summed E-state index contributed by atoms with van der Waals surface area (Å²) in [4.78, 5) is 18.2. The van der Waals surface area contributed by atoms with Crippen molar-refractivity contribution < 1.29 is 9.63 Å². The molecule has 6 nitrogen and oxygen atoms in total. The third-order valence-corrected chi connectivity index (χ3v) is 2.63. The van der Waals surface area contributed by atoms with E-state index in [1.54, 1.807) is 16.9 Å². The predicted octanol–water partition coefficient (Wildman–Crippen LogP) is 0.351. The number of likely N-dealkylation sites (N-methyl/N-ethyl adjacent to an activating group) is 1. The Morgan fingerprint density at radius 3 is 3.12 bits per heavy atom. The van der Waals surface area contributed by atoms with Crippen molar-refractivity contribution in [3.63, 3.8) is 0 Å². The van der Waals surface area contributed by atoms with Crippen LogP contribution in [-0.4, -0.2) is 47.8 Å². The van der Waals surface area contributed by atoms with Gasteiger partial charge in [-0.2, -0.15) is 5.10 Å². The van der Waals surface area contributed by atoms with Crippen molar-refractivity contribution >= 4 is 11.6 Å². The third-order valence-electron chi connectivity index (χ3n) is 2.63. The van der Waals surface area contributed by atoms with E-state index in [2.05, 4.69) is 33.4 Å². The van der Waals surface area contributed by atoms with E-state index < -0.39 is 0 Å². The molecule has 1 amide bonds. The van der Waals surface area contributed by atoms with Gasteiger partial charge in [0.1, 0.15) is 0 Å². The van der Waals surface area contributed by atoms with E-state index in [1.165, 1.54) is 7.11 Å². The SMILES string of the molecule is CONC(=O)c1ccn(C2=CCCN(C)C2)n1. The van der Waals surface area contributed by atoms with Crippen LogP contribution < -0.4 is 5.48 Å². The van der Waals surface area contributed by atoms with Gasteiger partial charge in [0.05, 0.1) is 12.8 Å². The lowest BCUT2D eigenvalue weighted by atomic mass is 10.2. The maximum atomic E-state index is 11.5. The molecular formula is C11H16N4O2. The van der Waals surface area contributed by atoms with Crippen LogP contribution in [0.2, 0.25) is 0 Å². The van der Waals surface area contributed by atoms with Crippen LogP contribution >= 0.6 is 0 Å². The third kappa shape index (κ3) is 2.72. The summed E-state index contributed by atoms with van der Waals surface area (Å²) in [7, 11) is 3.46. The lowest BCUT2D eigenvalue weighted by Gasteiger charge is -2.22. The van der Waals surface area contributed by atoms with E-state index in [0.717, 1.165) is 25.2 Å². The molecule has 1 aliphatic heterocycles. The van der Waals surface area contributed by atoms with Crippen LogP contribution in [0.5, 0.6) is 0 Å². The van der Waals surface area contributed by atoms with Gasteiger partial charge in [0, 0.05) is 19.3 Å². The molecule has 0 aromatic carbocycles. The zero-order valence-electron chi connectivity index (χ0n) is 10.0. The first-order chi connectivity index (χ1) is 8.20. The molecule has 1 aliphatic rings. The molecule has 1 aromatic heterocycles. The fourth-order valence-corrected chi connectivity index (χ4v) is 1.79. The lowest BCUT2D eigenvalue weighted by molar-refractivity contribution is 0.0532. The van der Waals surface area contributed by atoms with Crippen LogP contribution in [-0.2, 0) is 4.84 Å². The van der Waals surface area contributed by atoms with Gasteiger partial charge in [-0.05, 0) is 19.5 Å². The zero-order valence-corrected chi connectivity index (χ0v) is 10.0. The predicted molar refractivity (Wildman–Crippen MR) is 63.1 cm³/mol. The Balaban J connectivity index is 2.13. The quantitative estimate of drug-likeness (QED) is 0.769. The van der Waals surface area contributed by atoms with Crippen molar-refractivity contribution in [1.29, 1.82) is 0 Å². The average molecular weight is 236 g/mol. The molecule has 0 fully saturated rings. The molecule has 0 bridgehead atoms. The monoisotopic (exact) mass is 236 g/mol. The van der Waals surface area contributed by atoms with Gasteiger partial charge in [0.25, 0.3) is 5.91 Å². The standard InChI is InChI=1S/C11H16N4O2/c1-14-6-3-4-9(8-14)15-7-5-10(12-15)11(16)13-17-2/h4-5,7H,3,6,8H2,1-2H3,(H,13,16). The first-order valence-electron chi connectivity index (χ1n) is 5.47. The second kappa shape index (κ2) is 5.11. The molecule has 0 saturated carbocycles. The molecule has 1 aromatic rings. The van der Waals surface area contributed by atoms with Gasteiger partial charge in [0.2, 0.25) is 0 Å². The van der Waals surface area contributed by atoms with Gasteiger partial charge in [-0.25, -0.2) is 10.2 Å². The summed E-state index contributed by atoms with van der Waals surface area (Å²) in [5.74, 6) is -0.337. The van der Waals surface area contributed by atoms with Gasteiger partial charge < -0.3 is 4.90 Å². The van der Waals surface area contributed by atoms with E-state index in [-0.39, 0.29) is 5.91 Å². The maximum Gasteiger partial charge on any atom is 0.295 e. The Labute approximate surface area is 99.8 Å². The van der Waals surface area contributed by atoms with Crippen molar-refractivity contribution in [2.75, 3.05) is 27.2 Å². The highest BCUT2D eigenvalue weighted by molar-refractivity contribution is 5.91. The average Bonchev–Trinajstić information content (AvgIpc) is 2.78. The van der Waals surface area contributed by atoms with E-state index in [4.69, 9.17) is 0 Å². The molecule has 0 unspecified atom stereocenters. The van der Waals surface area contributed by atoms with E-state index in [1.807, 2.05) is 0 Å². The Morgan fingerprint density at radius 2 is 2.41 bits per heavy atom. The second-order valence-electron chi connectivity index (χ2n) is 4.00. The van der Waals surface area contributed by atoms with Crippen molar-refractivity contribution in [1.82, 2.24) is 20.2 Å². The smallest absolute Gasteiger partial charge is 0.295 e. The molecule has 17 heavy (non-hydrogen) atoms. The number of hydrogen-bond acceptors (Lipinski definition) is 4. The van der Waals surface area contributed by atoms with Crippen LogP contribution in [0.25, 0.3) is 5.70 Å². The maximum absolute atomic E-state index is 11.5. The van der Waals surface area contributed by atoms with Crippen LogP contribution in [0.4, 0.5) is 0 Å². The number of nitrogens with zero attached hydrogens (tertiary/aromatic N) is 3. The minimum Gasteiger partial charge on any atom is -0.300 e. The highest BCUT2D eigenvalue weighted by Crippen LogP contribution is 2.12. The fraction of sp³-hybridized carbons (Fsp3) is 0.455. The van der Waals surface area contributed by atoms with Crippen molar-refractivity contribution in [3.8, 4) is 0 Å². The number of hydroxylamine groups is 1. The number of rotatable bonds is 3. The Bertz CT molecular complexity index is 438. The zero-order chi connectivity index (χ0) is 12.3. The van der Waals surface area contributed by atoms with Gasteiger partial charge in [-0.15, -0.1) is 0 Å². The first kappa shape index (κ1) is 11.8. The topological polar surface area (TPSA) is 59.4 Å². The molecule has 0 aliphatic carbocycles. The summed E-state index contributed by atoms with van der Waals surface area (Å²) >= 11 is 0. The molecule has 0 atom stereocenters. The first-order valence-corrected chi connectivity index (χ1v) is 5.47. The molecule has 6 heteroatoms. The van der Waals surface area contributed by atoms with Gasteiger partial charge in [-0.3, -0.25) is 9.63 Å². The Morgan fingerprint density at radius 1 is 1.59 bits per heavy atom. The molecule has 2 heterocycles. The van der Waals surface area contributed by atoms with E-state index in [9.17, 15) is 4.79 Å². The summed E-state index contributed by atoms with van der Waals surface area (Å²) < 4.78 is 1.74. The Hall–Kier alpha value is -1.66. The molecular weight excluding hydrogens is 220 g/mol. The molecule has 2 rings (SSSR count). The normalized spacial score (nSPS) is 16.7. The minimum absolute atomic E-state index is 0.337. The fourth-order valence-electron chi connectivity index (χ4n) is 1.79. The second-order valence-corrected chi connectivity index (χ2v) is 4.00. The highest BCUT2D eigenvalue weighted by Gasteiger charge is 2.13. The number of hydrogen-bond donors (Lipinski definition) is 1. The van der Waals surface area contributed by atoms with Crippen molar-refractivity contribution in [2.24, 2.45) is 0 Å². The van der Waals surface area contributed by atoms with Gasteiger partial charge >= 0.3 is 0 Å². The van der Waals surface area contributed by atoms with E-state index in [0.29, 0.717) is 5.69 Å². The minimum atomic E-state index is -0.337. The summed E-state index contributed by atoms with van der Waals surface area (Å²) in [5, 5.41) is 4.22. The lowest BCUT2D eigenvalue weighted by Crippen LogP contribution is -2.27. The number of carbonyl (C=O) groups excluding carboxylic acids is 1. The van der Waals surface area contributed by atoms with Crippen LogP contribution in [0.3, 0.4) is 0 Å². The Kier molecular flexibility index (Phi) is 3.55. The number of amides is 1. The summed E-state index contributed by atoms with van der Waals surface area (Å²) in [5.41, 5.74) is 3.68. The van der Waals surface area contributed by atoms with Crippen LogP contribution in [0.1, 0.15) is 16.9 Å². The molecule has 0 radical (unpaired) electrons. The molecule has 0 spiro atoms. The molecule has 0 saturated heterocycles. The highest BCUT2D eigenvalue weighted by atomic mass is 16.6. The molecule has 92 valence electrons. The number of nitrogens with one attached hydrogen (secondary N) is 1. The summed E-state index contributed by atoms with van der Waals surface area (Å²) in [6.07, 6.45) is 4.94. The number of carbonyl (C=O) groups is 1. The van der Waals surface area contributed by atoms with Crippen molar-refractivity contribution in [2.45, 2.75) is 6.42 Å². The van der Waals surface area contributed by atoms with Gasteiger partial charge in [-0.1, -0.05) is 6.08 Å². The van der Waals surface area contributed by atoms with Crippen LogP contribution in [0.15, 0.2) is 18.3 Å². The largest absolute Gasteiger partial charge is 0.300 e. The van der Waals surface area contributed by atoms with Crippen molar-refractivity contribution in [3.05, 3.63) is 24.0 Å². The summed E-state index contributed by atoms with van der Waals surface area (Å²) in [6, 6.07) is 1.67. The van der Waals surface area contributed by atoms with Crippen LogP contribution in [0, 0.1) is 0 Å². The number of aromatic nitrogens is 2. The van der Waals surface area contributed by atoms with E-state index >= 15 is 0 Å². The molecule has 1 N–H and O–H groups in total. The van der Waals surface area contributed by atoms with Gasteiger partial charge in [0.15, 0.2) is 5.69 Å².